The van der Waals surface area contributed by atoms with Gasteiger partial charge in [0.05, 0.1) is 18.6 Å². The summed E-state index contributed by atoms with van der Waals surface area (Å²) in [6.07, 6.45) is 0.812. The number of hydrogen-bond acceptors (Lipinski definition) is 2. The lowest BCUT2D eigenvalue weighted by atomic mass is 9.82. The highest BCUT2D eigenvalue weighted by Crippen LogP contribution is 2.33. The van der Waals surface area contributed by atoms with Crippen molar-refractivity contribution in [3.05, 3.63) is 42.5 Å². The van der Waals surface area contributed by atoms with E-state index in [1.807, 2.05) is 43.3 Å². The molecule has 0 unspecified atom stereocenters. The van der Waals surface area contributed by atoms with Crippen LogP contribution in [0.1, 0.15) is 13.3 Å². The maximum atomic E-state index is 12.3. The van der Waals surface area contributed by atoms with Crippen LogP contribution in [0.25, 0.3) is 10.8 Å². The second-order valence-corrected chi connectivity index (χ2v) is 5.14. The van der Waals surface area contributed by atoms with Crippen molar-refractivity contribution in [1.29, 1.82) is 0 Å². The quantitative estimate of drug-likeness (QED) is 0.914. The van der Waals surface area contributed by atoms with Gasteiger partial charge in [0.25, 0.3) is 0 Å². The maximum absolute atomic E-state index is 12.3. The van der Waals surface area contributed by atoms with E-state index in [0.29, 0.717) is 13.2 Å². The Morgan fingerprint density at radius 2 is 1.95 bits per heavy atom. The van der Waals surface area contributed by atoms with Gasteiger partial charge in [0.2, 0.25) is 5.91 Å². The fraction of sp³-hybridized carbons (Fsp3) is 0.312. The molecule has 0 atom stereocenters. The number of carbonyl (C=O) groups excluding carboxylic acids is 1. The molecule has 2 aromatic carbocycles. The standard InChI is InChI=1S/C16H17NO2/c1-2-16(10-19-11-16)15(18)17-14-8-7-12-5-3-4-6-13(12)9-14/h3-9H,2,10-11H2,1H3,(H,17,18). The molecule has 1 saturated heterocycles. The normalized spacial score (nSPS) is 16.9. The van der Waals surface area contributed by atoms with E-state index in [-0.39, 0.29) is 11.3 Å². The smallest absolute Gasteiger partial charge is 0.235 e. The molecule has 0 aliphatic carbocycles. The topological polar surface area (TPSA) is 38.3 Å². The Morgan fingerprint density at radius 3 is 2.58 bits per heavy atom. The summed E-state index contributed by atoms with van der Waals surface area (Å²) < 4.78 is 5.20. The van der Waals surface area contributed by atoms with Crippen LogP contribution in [0.3, 0.4) is 0 Å². The molecular weight excluding hydrogens is 238 g/mol. The Balaban J connectivity index is 1.83. The van der Waals surface area contributed by atoms with Crippen molar-refractivity contribution < 1.29 is 9.53 Å². The van der Waals surface area contributed by atoms with Crippen LogP contribution in [0.4, 0.5) is 5.69 Å². The third-order valence-electron chi connectivity index (χ3n) is 3.92. The molecule has 19 heavy (non-hydrogen) atoms. The number of carbonyl (C=O) groups is 1. The maximum Gasteiger partial charge on any atom is 0.235 e. The van der Waals surface area contributed by atoms with E-state index in [1.54, 1.807) is 0 Å². The molecule has 1 amide bonds. The monoisotopic (exact) mass is 255 g/mol. The van der Waals surface area contributed by atoms with Crippen molar-refractivity contribution in [2.45, 2.75) is 13.3 Å². The SMILES string of the molecule is CCC1(C(=O)Nc2ccc3ccccc3c2)COC1. The van der Waals surface area contributed by atoms with Gasteiger partial charge in [-0.3, -0.25) is 4.79 Å². The lowest BCUT2D eigenvalue weighted by Crippen LogP contribution is -2.51. The van der Waals surface area contributed by atoms with E-state index in [1.165, 1.54) is 5.39 Å². The summed E-state index contributed by atoms with van der Waals surface area (Å²) in [5.41, 5.74) is 0.523. The number of nitrogens with one attached hydrogen (secondary N) is 1. The molecule has 0 saturated carbocycles. The highest BCUT2D eigenvalue weighted by Gasteiger charge is 2.44. The van der Waals surface area contributed by atoms with Gasteiger partial charge in [-0.15, -0.1) is 0 Å². The van der Waals surface area contributed by atoms with Gasteiger partial charge in [-0.05, 0) is 29.3 Å². The molecule has 1 heterocycles. The van der Waals surface area contributed by atoms with E-state index in [9.17, 15) is 4.79 Å². The first kappa shape index (κ1) is 12.2. The molecule has 3 nitrogen and oxygen atoms in total. The first-order valence-corrected chi connectivity index (χ1v) is 6.61. The molecule has 1 aliphatic rings. The van der Waals surface area contributed by atoms with Crippen molar-refractivity contribution in [1.82, 2.24) is 0 Å². The van der Waals surface area contributed by atoms with Crippen LogP contribution in [0.2, 0.25) is 0 Å². The number of rotatable bonds is 3. The molecular formula is C16H17NO2. The highest BCUT2D eigenvalue weighted by molar-refractivity contribution is 5.98. The minimum absolute atomic E-state index is 0.0662. The van der Waals surface area contributed by atoms with Crippen molar-refractivity contribution in [2.24, 2.45) is 5.41 Å². The van der Waals surface area contributed by atoms with Crippen LogP contribution in [-0.2, 0) is 9.53 Å². The summed E-state index contributed by atoms with van der Waals surface area (Å²) in [5, 5.41) is 5.32. The minimum atomic E-state index is -0.328. The Hall–Kier alpha value is -1.87. The van der Waals surface area contributed by atoms with Crippen molar-refractivity contribution in [3.8, 4) is 0 Å². The van der Waals surface area contributed by atoms with E-state index >= 15 is 0 Å². The lowest BCUT2D eigenvalue weighted by molar-refractivity contribution is -0.156. The first-order chi connectivity index (χ1) is 9.23. The van der Waals surface area contributed by atoms with Gasteiger partial charge in [-0.25, -0.2) is 0 Å². The van der Waals surface area contributed by atoms with E-state index in [2.05, 4.69) is 11.4 Å². The van der Waals surface area contributed by atoms with Crippen LogP contribution < -0.4 is 5.32 Å². The van der Waals surface area contributed by atoms with Gasteiger partial charge in [-0.1, -0.05) is 37.3 Å². The summed E-state index contributed by atoms with van der Waals surface area (Å²) in [4.78, 5) is 12.3. The zero-order valence-corrected chi connectivity index (χ0v) is 11.0. The van der Waals surface area contributed by atoms with Crippen molar-refractivity contribution in [3.63, 3.8) is 0 Å². The van der Waals surface area contributed by atoms with Crippen molar-refractivity contribution >= 4 is 22.4 Å². The number of benzene rings is 2. The third kappa shape index (κ3) is 2.10. The first-order valence-electron chi connectivity index (χ1n) is 6.61. The summed E-state index contributed by atoms with van der Waals surface area (Å²) in [7, 11) is 0. The summed E-state index contributed by atoms with van der Waals surface area (Å²) in [6.45, 7) is 3.09. The molecule has 0 bridgehead atoms. The largest absolute Gasteiger partial charge is 0.379 e. The van der Waals surface area contributed by atoms with Gasteiger partial charge in [0.1, 0.15) is 0 Å². The Bertz CT molecular complexity index is 611. The number of hydrogen-bond donors (Lipinski definition) is 1. The van der Waals surface area contributed by atoms with Crippen LogP contribution in [0.15, 0.2) is 42.5 Å². The highest BCUT2D eigenvalue weighted by atomic mass is 16.5. The second-order valence-electron chi connectivity index (χ2n) is 5.14. The predicted molar refractivity (Wildman–Crippen MR) is 76.1 cm³/mol. The fourth-order valence-electron chi connectivity index (χ4n) is 2.37. The van der Waals surface area contributed by atoms with Crippen LogP contribution in [0, 0.1) is 5.41 Å². The Morgan fingerprint density at radius 1 is 1.21 bits per heavy atom. The van der Waals surface area contributed by atoms with E-state index in [4.69, 9.17) is 4.74 Å². The molecule has 3 rings (SSSR count). The second kappa shape index (κ2) is 4.67. The minimum Gasteiger partial charge on any atom is -0.379 e. The molecule has 1 N–H and O–H groups in total. The average molecular weight is 255 g/mol. The zero-order chi connectivity index (χ0) is 13.3. The zero-order valence-electron chi connectivity index (χ0n) is 11.0. The van der Waals surface area contributed by atoms with Gasteiger partial charge >= 0.3 is 0 Å². The molecule has 2 aromatic rings. The molecule has 0 spiro atoms. The summed E-state index contributed by atoms with van der Waals surface area (Å²) in [6, 6.07) is 14.1. The Kier molecular flexibility index (Phi) is 2.99. The average Bonchev–Trinajstić information content (AvgIpc) is 2.38. The van der Waals surface area contributed by atoms with Gasteiger partial charge < -0.3 is 10.1 Å². The number of anilines is 1. The fourth-order valence-corrected chi connectivity index (χ4v) is 2.37. The van der Waals surface area contributed by atoms with Crippen molar-refractivity contribution in [2.75, 3.05) is 18.5 Å². The molecule has 3 heteroatoms. The van der Waals surface area contributed by atoms with E-state index < -0.39 is 0 Å². The summed E-state index contributed by atoms with van der Waals surface area (Å²) >= 11 is 0. The number of amides is 1. The molecule has 1 aliphatic heterocycles. The van der Waals surface area contributed by atoms with Gasteiger partial charge in [0, 0.05) is 5.69 Å². The van der Waals surface area contributed by atoms with Crippen LogP contribution in [0.5, 0.6) is 0 Å². The lowest BCUT2D eigenvalue weighted by Gasteiger charge is -2.38. The summed E-state index contributed by atoms with van der Waals surface area (Å²) in [5.74, 6) is 0.0662. The molecule has 98 valence electrons. The Labute approximate surface area is 112 Å². The van der Waals surface area contributed by atoms with Gasteiger partial charge in [-0.2, -0.15) is 0 Å². The molecule has 0 radical (unpaired) electrons. The third-order valence-corrected chi connectivity index (χ3v) is 3.92. The van der Waals surface area contributed by atoms with Gasteiger partial charge in [0.15, 0.2) is 0 Å². The number of ether oxygens (including phenoxy) is 1. The van der Waals surface area contributed by atoms with Crippen LogP contribution in [-0.4, -0.2) is 19.1 Å². The molecule has 1 fully saturated rings. The van der Waals surface area contributed by atoms with Crippen LogP contribution >= 0.6 is 0 Å². The van der Waals surface area contributed by atoms with E-state index in [0.717, 1.165) is 17.5 Å². The number of fused-ring (bicyclic) bond motifs is 1. The predicted octanol–water partition coefficient (Wildman–Crippen LogP) is 3.20. The molecule has 0 aromatic heterocycles.